The van der Waals surface area contributed by atoms with E-state index in [1.165, 1.54) is 6.07 Å². The number of aromatic nitrogens is 6. The molecule has 5 rings (SSSR count). The van der Waals surface area contributed by atoms with E-state index in [1.807, 2.05) is 29.8 Å². The minimum Gasteiger partial charge on any atom is -0.304 e. The molecule has 1 atom stereocenters. The van der Waals surface area contributed by atoms with E-state index in [2.05, 4.69) is 20.1 Å². The van der Waals surface area contributed by atoms with E-state index in [0.717, 1.165) is 29.6 Å². The van der Waals surface area contributed by atoms with Crippen molar-refractivity contribution in [1.82, 2.24) is 29.3 Å². The van der Waals surface area contributed by atoms with Crippen LogP contribution in [0.3, 0.4) is 0 Å². The third kappa shape index (κ3) is 4.30. The summed E-state index contributed by atoms with van der Waals surface area (Å²) in [4.78, 5) is 13.2. The first-order valence-electron chi connectivity index (χ1n) is 10.6. The molecular formula is C24H21F3N6. The van der Waals surface area contributed by atoms with Crippen molar-refractivity contribution in [1.29, 1.82) is 0 Å². The van der Waals surface area contributed by atoms with Gasteiger partial charge in [0.2, 0.25) is 0 Å². The van der Waals surface area contributed by atoms with Gasteiger partial charge in [-0.25, -0.2) is 14.6 Å². The van der Waals surface area contributed by atoms with Crippen LogP contribution in [0.5, 0.6) is 0 Å². The summed E-state index contributed by atoms with van der Waals surface area (Å²) < 4.78 is 44.3. The standard InChI is InChI=1S/C24H21F3N6/c1-16-14-32(15-29-16)18-10-8-17(28-13-18)9-11-22-30-23-20(6-4-12-33(23)31-22)19-5-2-3-7-21(19)24(25,26)27/h2-3,5,7-11,13-15,20H,4,6,12H2,1H3/t20-/m1/s1. The summed E-state index contributed by atoms with van der Waals surface area (Å²) in [6.07, 6.45) is 5.86. The molecule has 0 fully saturated rings. The van der Waals surface area contributed by atoms with Crippen LogP contribution >= 0.6 is 0 Å². The highest BCUT2D eigenvalue weighted by atomic mass is 19.4. The Balaban J connectivity index is 1.40. The lowest BCUT2D eigenvalue weighted by Gasteiger charge is -2.25. The molecule has 9 heteroatoms. The van der Waals surface area contributed by atoms with Gasteiger partial charge in [0, 0.05) is 18.7 Å². The maximum absolute atomic E-state index is 13.6. The van der Waals surface area contributed by atoms with Gasteiger partial charge in [-0.05, 0) is 55.7 Å². The molecule has 0 saturated carbocycles. The third-order valence-corrected chi connectivity index (χ3v) is 5.72. The number of halogens is 3. The second-order valence-corrected chi connectivity index (χ2v) is 8.03. The Labute approximate surface area is 188 Å². The van der Waals surface area contributed by atoms with Crippen molar-refractivity contribution in [2.45, 2.75) is 38.4 Å². The van der Waals surface area contributed by atoms with Crippen molar-refractivity contribution in [2.24, 2.45) is 0 Å². The van der Waals surface area contributed by atoms with Crippen LogP contribution in [-0.2, 0) is 12.7 Å². The van der Waals surface area contributed by atoms with Crippen LogP contribution in [0.15, 0.2) is 55.1 Å². The van der Waals surface area contributed by atoms with E-state index in [-0.39, 0.29) is 5.56 Å². The number of hydrogen-bond donors (Lipinski definition) is 0. The number of imidazole rings is 1. The van der Waals surface area contributed by atoms with E-state index in [4.69, 9.17) is 0 Å². The predicted molar refractivity (Wildman–Crippen MR) is 118 cm³/mol. The average Bonchev–Trinajstić information content (AvgIpc) is 3.43. The summed E-state index contributed by atoms with van der Waals surface area (Å²) in [6.45, 7) is 2.56. The van der Waals surface area contributed by atoms with Gasteiger partial charge >= 0.3 is 6.18 Å². The third-order valence-electron chi connectivity index (χ3n) is 5.72. The lowest BCUT2D eigenvalue weighted by atomic mass is 9.88. The lowest BCUT2D eigenvalue weighted by molar-refractivity contribution is -0.138. The Hall–Kier alpha value is -3.75. The number of fused-ring (bicyclic) bond motifs is 1. The van der Waals surface area contributed by atoms with Crippen molar-refractivity contribution in [3.63, 3.8) is 0 Å². The zero-order chi connectivity index (χ0) is 23.0. The number of nitrogens with zero attached hydrogens (tertiary/aromatic N) is 6. The Morgan fingerprint density at radius 3 is 2.64 bits per heavy atom. The minimum absolute atomic E-state index is 0.251. The van der Waals surface area contributed by atoms with Gasteiger partial charge in [-0.1, -0.05) is 18.2 Å². The average molecular weight is 450 g/mol. The number of rotatable bonds is 4. The van der Waals surface area contributed by atoms with Gasteiger partial charge < -0.3 is 4.57 Å². The summed E-state index contributed by atoms with van der Waals surface area (Å²) in [7, 11) is 0. The van der Waals surface area contributed by atoms with E-state index in [9.17, 15) is 13.2 Å². The molecule has 4 aromatic rings. The molecule has 0 saturated heterocycles. The molecule has 1 aliphatic heterocycles. The Morgan fingerprint density at radius 2 is 1.91 bits per heavy atom. The van der Waals surface area contributed by atoms with Crippen molar-refractivity contribution < 1.29 is 13.2 Å². The molecule has 0 amide bonds. The molecular weight excluding hydrogens is 429 g/mol. The lowest BCUT2D eigenvalue weighted by Crippen LogP contribution is -2.21. The summed E-state index contributed by atoms with van der Waals surface area (Å²) in [6, 6.07) is 9.54. The largest absolute Gasteiger partial charge is 0.416 e. The number of aryl methyl sites for hydroxylation is 2. The van der Waals surface area contributed by atoms with E-state index in [1.54, 1.807) is 41.5 Å². The molecule has 1 aliphatic rings. The zero-order valence-corrected chi connectivity index (χ0v) is 17.9. The maximum Gasteiger partial charge on any atom is 0.416 e. The number of benzene rings is 1. The van der Waals surface area contributed by atoms with Crippen molar-refractivity contribution >= 4 is 12.2 Å². The van der Waals surface area contributed by atoms with Crippen LogP contribution in [0.1, 0.15) is 52.9 Å². The van der Waals surface area contributed by atoms with Gasteiger partial charge in [0.25, 0.3) is 0 Å². The van der Waals surface area contributed by atoms with Crippen LogP contribution in [0.25, 0.3) is 17.8 Å². The molecule has 4 heterocycles. The van der Waals surface area contributed by atoms with Gasteiger partial charge in [0.1, 0.15) is 5.82 Å². The van der Waals surface area contributed by atoms with Crippen LogP contribution < -0.4 is 0 Å². The summed E-state index contributed by atoms with van der Waals surface area (Å²) >= 11 is 0. The monoisotopic (exact) mass is 450 g/mol. The number of alkyl halides is 3. The highest BCUT2D eigenvalue weighted by Gasteiger charge is 2.37. The van der Waals surface area contributed by atoms with Gasteiger partial charge in [-0.3, -0.25) is 4.98 Å². The molecule has 168 valence electrons. The number of hydrogen-bond acceptors (Lipinski definition) is 4. The summed E-state index contributed by atoms with van der Waals surface area (Å²) in [5.74, 6) is 0.580. The van der Waals surface area contributed by atoms with Crippen LogP contribution in [0, 0.1) is 6.92 Å². The first-order chi connectivity index (χ1) is 15.9. The molecule has 0 bridgehead atoms. The van der Waals surface area contributed by atoms with Crippen LogP contribution in [0.2, 0.25) is 0 Å². The summed E-state index contributed by atoms with van der Waals surface area (Å²) in [5, 5.41) is 4.50. The second kappa shape index (κ2) is 8.31. The SMILES string of the molecule is Cc1cn(-c2ccc(C=Cc3nc4n(n3)CCC[C@@H]4c3ccccc3C(F)(F)F)nc2)cn1. The molecule has 3 aromatic heterocycles. The predicted octanol–water partition coefficient (Wildman–Crippen LogP) is 5.28. The topological polar surface area (TPSA) is 61.4 Å². The second-order valence-electron chi connectivity index (χ2n) is 8.03. The molecule has 0 aliphatic carbocycles. The highest BCUT2D eigenvalue weighted by Crippen LogP contribution is 2.40. The van der Waals surface area contributed by atoms with Gasteiger partial charge in [0.15, 0.2) is 5.82 Å². The molecule has 0 unspecified atom stereocenters. The fraction of sp³-hybridized carbons (Fsp3) is 0.250. The molecule has 6 nitrogen and oxygen atoms in total. The van der Waals surface area contributed by atoms with E-state index < -0.39 is 17.7 Å². The molecule has 33 heavy (non-hydrogen) atoms. The van der Waals surface area contributed by atoms with Crippen molar-refractivity contribution in [2.75, 3.05) is 0 Å². The van der Waals surface area contributed by atoms with Crippen molar-refractivity contribution in [3.05, 3.63) is 89.3 Å². The Kier molecular flexibility index (Phi) is 5.32. The molecule has 0 radical (unpaired) electrons. The van der Waals surface area contributed by atoms with E-state index in [0.29, 0.717) is 24.6 Å². The van der Waals surface area contributed by atoms with E-state index >= 15 is 0 Å². The molecule has 0 spiro atoms. The highest BCUT2D eigenvalue weighted by molar-refractivity contribution is 5.64. The Morgan fingerprint density at radius 1 is 1.06 bits per heavy atom. The smallest absolute Gasteiger partial charge is 0.304 e. The Bertz CT molecular complexity index is 1300. The first kappa shape index (κ1) is 21.1. The van der Waals surface area contributed by atoms with Gasteiger partial charge in [-0.2, -0.15) is 18.3 Å². The van der Waals surface area contributed by atoms with Gasteiger partial charge in [0.05, 0.1) is 35.2 Å². The fourth-order valence-corrected chi connectivity index (χ4v) is 4.16. The first-order valence-corrected chi connectivity index (χ1v) is 10.6. The molecule has 0 N–H and O–H groups in total. The maximum atomic E-state index is 13.6. The van der Waals surface area contributed by atoms with Crippen LogP contribution in [0.4, 0.5) is 13.2 Å². The van der Waals surface area contributed by atoms with Gasteiger partial charge in [-0.15, -0.1) is 0 Å². The molecule has 1 aromatic carbocycles. The minimum atomic E-state index is -4.41. The van der Waals surface area contributed by atoms with Crippen LogP contribution in [-0.4, -0.2) is 29.3 Å². The normalized spacial score (nSPS) is 16.3. The number of pyridine rings is 1. The quantitative estimate of drug-likeness (QED) is 0.424. The zero-order valence-electron chi connectivity index (χ0n) is 17.9. The van der Waals surface area contributed by atoms with Crippen molar-refractivity contribution in [3.8, 4) is 5.69 Å². The fourth-order valence-electron chi connectivity index (χ4n) is 4.16. The summed E-state index contributed by atoms with van der Waals surface area (Å²) in [5.41, 5.74) is 2.18.